The summed E-state index contributed by atoms with van der Waals surface area (Å²) in [6, 6.07) is 8.18. The van der Waals surface area contributed by atoms with Crippen molar-refractivity contribution >= 4 is 50.6 Å². The summed E-state index contributed by atoms with van der Waals surface area (Å²) in [4.78, 5) is 11.4. The SMILES string of the molecule is CCOc1ccc(NC(=O)OCCN(C)c2c(S(=O)(=O)C(F)(F)F)c(C#N)nn2-c2c(Cl)cc(C(F)(F)F)cc2Cl)cc1. The lowest BCUT2D eigenvalue weighted by atomic mass is 10.2. The molecule has 0 aliphatic carbocycles. The Balaban J connectivity index is 2.00. The fourth-order valence-electron chi connectivity index (χ4n) is 3.59. The molecule has 3 rings (SSSR count). The second-order valence-corrected chi connectivity index (χ2v) is 11.1. The molecular formula is C24H19Cl2F6N5O5S. The van der Waals surface area contributed by atoms with E-state index in [2.05, 4.69) is 10.4 Å². The number of benzene rings is 2. The van der Waals surface area contributed by atoms with Gasteiger partial charge in [0.1, 0.15) is 24.1 Å². The third-order valence-corrected chi connectivity index (χ3v) is 7.59. The number of carbonyl (C=O) groups is 1. The number of aromatic nitrogens is 2. The minimum atomic E-state index is -6.27. The summed E-state index contributed by atoms with van der Waals surface area (Å²) in [5.41, 5.74) is -8.82. The van der Waals surface area contributed by atoms with E-state index < -0.39 is 78.5 Å². The zero-order chi connectivity index (χ0) is 32.3. The van der Waals surface area contributed by atoms with Gasteiger partial charge in [0.25, 0.3) is 9.84 Å². The number of amides is 1. The molecule has 0 aliphatic heterocycles. The third-order valence-electron chi connectivity index (χ3n) is 5.49. The number of hydrogen-bond acceptors (Lipinski definition) is 8. The summed E-state index contributed by atoms with van der Waals surface area (Å²) in [6.45, 7) is 1.15. The van der Waals surface area contributed by atoms with E-state index in [0.717, 1.165) is 11.9 Å². The Morgan fingerprint density at radius 1 is 1.12 bits per heavy atom. The zero-order valence-electron chi connectivity index (χ0n) is 21.8. The van der Waals surface area contributed by atoms with E-state index in [0.29, 0.717) is 34.9 Å². The van der Waals surface area contributed by atoms with Crippen LogP contribution in [-0.2, 0) is 20.8 Å². The van der Waals surface area contributed by atoms with Gasteiger partial charge in [0.15, 0.2) is 16.4 Å². The summed E-state index contributed by atoms with van der Waals surface area (Å²) < 4.78 is 116. The lowest BCUT2D eigenvalue weighted by molar-refractivity contribution is -0.137. The monoisotopic (exact) mass is 673 g/mol. The van der Waals surface area contributed by atoms with Crippen molar-refractivity contribution in [3.8, 4) is 17.5 Å². The van der Waals surface area contributed by atoms with Gasteiger partial charge in [-0.25, -0.2) is 17.9 Å². The van der Waals surface area contributed by atoms with Crippen molar-refractivity contribution in [3.63, 3.8) is 0 Å². The number of ether oxygens (including phenoxy) is 2. The van der Waals surface area contributed by atoms with Gasteiger partial charge in [-0.15, -0.1) is 0 Å². The van der Waals surface area contributed by atoms with E-state index in [1.807, 2.05) is 0 Å². The van der Waals surface area contributed by atoms with Crippen molar-refractivity contribution < 1.29 is 49.0 Å². The van der Waals surface area contributed by atoms with Crippen LogP contribution in [0.5, 0.6) is 5.75 Å². The topological polar surface area (TPSA) is 127 Å². The van der Waals surface area contributed by atoms with Crippen LogP contribution in [0.3, 0.4) is 0 Å². The van der Waals surface area contributed by atoms with Gasteiger partial charge in [-0.1, -0.05) is 23.2 Å². The Bertz CT molecular complexity index is 1630. The molecule has 10 nitrogen and oxygen atoms in total. The third kappa shape index (κ3) is 7.37. The molecule has 1 N–H and O–H groups in total. The molecule has 0 bridgehead atoms. The Hall–Kier alpha value is -3.88. The van der Waals surface area contributed by atoms with E-state index in [1.165, 1.54) is 18.2 Å². The van der Waals surface area contributed by atoms with Crippen LogP contribution in [0.15, 0.2) is 41.3 Å². The number of carbonyl (C=O) groups excluding carboxylic acids is 1. The van der Waals surface area contributed by atoms with E-state index in [-0.39, 0.29) is 0 Å². The van der Waals surface area contributed by atoms with Gasteiger partial charge in [-0.2, -0.15) is 36.7 Å². The van der Waals surface area contributed by atoms with Crippen LogP contribution in [0.25, 0.3) is 5.69 Å². The molecule has 2 aromatic carbocycles. The van der Waals surface area contributed by atoms with E-state index in [4.69, 9.17) is 32.7 Å². The van der Waals surface area contributed by atoms with Crippen LogP contribution in [0.2, 0.25) is 10.0 Å². The van der Waals surface area contributed by atoms with Gasteiger partial charge in [0.2, 0.25) is 0 Å². The maximum absolute atomic E-state index is 13.7. The van der Waals surface area contributed by atoms with Crippen LogP contribution in [0.1, 0.15) is 18.2 Å². The number of nitrogens with zero attached hydrogens (tertiary/aromatic N) is 4. The number of likely N-dealkylation sites (N-methyl/N-ethyl adjacent to an activating group) is 1. The predicted octanol–water partition coefficient (Wildman–Crippen LogP) is 6.45. The smallest absolute Gasteiger partial charge is 0.494 e. The normalized spacial score (nSPS) is 12.0. The predicted molar refractivity (Wildman–Crippen MR) is 142 cm³/mol. The lowest BCUT2D eigenvalue weighted by Gasteiger charge is -2.23. The molecule has 43 heavy (non-hydrogen) atoms. The molecule has 0 spiro atoms. The maximum atomic E-state index is 13.7. The van der Waals surface area contributed by atoms with Gasteiger partial charge in [-0.05, 0) is 43.3 Å². The van der Waals surface area contributed by atoms with Crippen molar-refractivity contribution in [2.24, 2.45) is 0 Å². The summed E-state index contributed by atoms with van der Waals surface area (Å²) in [6.07, 6.45) is -5.90. The first-order valence-corrected chi connectivity index (χ1v) is 13.9. The zero-order valence-corrected chi connectivity index (χ0v) is 24.2. The van der Waals surface area contributed by atoms with Gasteiger partial charge in [-0.3, -0.25) is 5.32 Å². The average Bonchev–Trinajstić information content (AvgIpc) is 3.28. The Labute approximate surface area is 250 Å². The van der Waals surface area contributed by atoms with Crippen molar-refractivity contribution in [2.45, 2.75) is 23.5 Å². The highest BCUT2D eigenvalue weighted by molar-refractivity contribution is 7.92. The molecule has 1 aromatic heterocycles. The number of nitrogens with one attached hydrogen (secondary N) is 1. The summed E-state index contributed by atoms with van der Waals surface area (Å²) in [7, 11) is -5.21. The van der Waals surface area contributed by atoms with E-state index in [9.17, 15) is 44.8 Å². The summed E-state index contributed by atoms with van der Waals surface area (Å²) >= 11 is 12.0. The molecule has 0 atom stereocenters. The highest BCUT2D eigenvalue weighted by Gasteiger charge is 2.51. The van der Waals surface area contributed by atoms with Crippen LogP contribution >= 0.6 is 23.2 Å². The average molecular weight is 674 g/mol. The number of halogens is 8. The van der Waals surface area contributed by atoms with Crippen molar-refractivity contribution in [3.05, 3.63) is 57.7 Å². The fourth-order valence-corrected chi connectivity index (χ4v) is 5.29. The highest BCUT2D eigenvalue weighted by Crippen LogP contribution is 2.43. The minimum absolute atomic E-state index is 0.309. The second kappa shape index (κ2) is 12.8. The Morgan fingerprint density at radius 2 is 1.70 bits per heavy atom. The quantitative estimate of drug-likeness (QED) is 0.257. The number of rotatable bonds is 9. The highest BCUT2D eigenvalue weighted by atomic mass is 35.5. The van der Waals surface area contributed by atoms with Crippen LogP contribution in [0, 0.1) is 11.3 Å². The van der Waals surface area contributed by atoms with Gasteiger partial charge >= 0.3 is 17.8 Å². The molecular weight excluding hydrogens is 655 g/mol. The molecule has 19 heteroatoms. The fraction of sp³-hybridized carbons (Fsp3) is 0.292. The van der Waals surface area contributed by atoms with Crippen LogP contribution < -0.4 is 15.0 Å². The summed E-state index contributed by atoms with van der Waals surface area (Å²) in [5, 5.41) is 13.9. The van der Waals surface area contributed by atoms with E-state index in [1.54, 1.807) is 19.1 Å². The first kappa shape index (κ1) is 33.6. The molecule has 0 fully saturated rings. The van der Waals surface area contributed by atoms with Crippen molar-refractivity contribution in [1.29, 1.82) is 5.26 Å². The van der Waals surface area contributed by atoms with Crippen molar-refractivity contribution in [2.75, 3.05) is 37.0 Å². The van der Waals surface area contributed by atoms with Crippen molar-refractivity contribution in [1.82, 2.24) is 9.78 Å². The first-order chi connectivity index (χ1) is 19.9. The molecule has 1 heterocycles. The standard InChI is InChI=1S/C24H19Cl2F6N5O5S/c1-3-41-15-6-4-14(5-7-15)34-22(38)42-9-8-36(2)21-20(43(39,40)24(30,31)32)18(12-33)35-37(21)19-16(25)10-13(11-17(19)26)23(27,28)29/h4-7,10-11H,3,8-9H2,1-2H3,(H,34,38). The number of sulfone groups is 1. The molecule has 1 amide bonds. The minimum Gasteiger partial charge on any atom is -0.494 e. The second-order valence-electron chi connectivity index (χ2n) is 8.40. The molecule has 3 aromatic rings. The van der Waals surface area contributed by atoms with Gasteiger partial charge in [0, 0.05) is 12.7 Å². The Morgan fingerprint density at radius 3 is 2.19 bits per heavy atom. The number of alkyl halides is 6. The molecule has 0 radical (unpaired) electrons. The largest absolute Gasteiger partial charge is 0.502 e. The van der Waals surface area contributed by atoms with Gasteiger partial charge in [0.05, 0.1) is 28.8 Å². The molecule has 232 valence electrons. The van der Waals surface area contributed by atoms with Crippen LogP contribution in [0.4, 0.5) is 42.6 Å². The molecule has 0 saturated carbocycles. The Kier molecular flexibility index (Phi) is 9.99. The molecule has 0 aliphatic rings. The van der Waals surface area contributed by atoms with Crippen LogP contribution in [-0.4, -0.2) is 56.6 Å². The lowest BCUT2D eigenvalue weighted by Crippen LogP contribution is -2.30. The molecule has 0 unspecified atom stereocenters. The number of anilines is 2. The maximum Gasteiger partial charge on any atom is 0.502 e. The number of hydrogen-bond donors (Lipinski definition) is 1. The molecule has 0 saturated heterocycles. The summed E-state index contributed by atoms with van der Waals surface area (Å²) in [5.74, 6) is -0.401. The first-order valence-electron chi connectivity index (χ1n) is 11.7. The number of nitriles is 1. The van der Waals surface area contributed by atoms with Gasteiger partial charge < -0.3 is 14.4 Å². The van der Waals surface area contributed by atoms with E-state index >= 15 is 0 Å².